The van der Waals surface area contributed by atoms with Crippen molar-refractivity contribution >= 4 is 11.9 Å². The zero-order chi connectivity index (χ0) is 18.6. The molecule has 0 heterocycles. The van der Waals surface area contributed by atoms with Crippen molar-refractivity contribution in [3.05, 3.63) is 64.7 Å². The zero-order valence-corrected chi connectivity index (χ0v) is 15.4. The maximum absolute atomic E-state index is 11.1. The summed E-state index contributed by atoms with van der Waals surface area (Å²) in [6.07, 6.45) is 2.56. The molecule has 0 aliphatic carbocycles. The molecule has 0 fully saturated rings. The number of ether oxygens (including phenoxy) is 1. The summed E-state index contributed by atoms with van der Waals surface area (Å²) in [5.74, 6) is 1.28. The molecule has 0 aromatic heterocycles. The van der Waals surface area contributed by atoms with Gasteiger partial charge in [0, 0.05) is 0 Å². The van der Waals surface area contributed by atoms with Crippen LogP contribution in [0.4, 0.5) is 0 Å². The number of aromatic hydroxyl groups is 1. The second-order valence-electron chi connectivity index (χ2n) is 6.73. The molecular formula is C22H26O3. The molecule has 0 atom stereocenters. The van der Waals surface area contributed by atoms with Gasteiger partial charge in [0.15, 0.2) is 5.78 Å². The average molecular weight is 338 g/mol. The third-order valence-corrected chi connectivity index (χ3v) is 4.24. The monoisotopic (exact) mass is 338 g/mol. The van der Waals surface area contributed by atoms with Crippen LogP contribution < -0.4 is 4.74 Å². The number of ketones is 1. The average Bonchev–Trinajstić information content (AvgIpc) is 2.56. The molecule has 0 radical (unpaired) electrons. The van der Waals surface area contributed by atoms with E-state index in [9.17, 15) is 9.90 Å². The van der Waals surface area contributed by atoms with Crippen LogP contribution in [-0.4, -0.2) is 17.5 Å². The summed E-state index contributed by atoms with van der Waals surface area (Å²) < 4.78 is 5.53. The van der Waals surface area contributed by atoms with Gasteiger partial charge in [-0.05, 0) is 72.2 Å². The van der Waals surface area contributed by atoms with Crippen LogP contribution in [0.25, 0.3) is 6.08 Å². The van der Waals surface area contributed by atoms with Crippen molar-refractivity contribution in [2.45, 2.75) is 40.0 Å². The molecule has 2 rings (SSSR count). The van der Waals surface area contributed by atoms with E-state index in [1.807, 2.05) is 31.2 Å². The van der Waals surface area contributed by atoms with Gasteiger partial charge in [-0.25, -0.2) is 0 Å². The van der Waals surface area contributed by atoms with Gasteiger partial charge < -0.3 is 9.84 Å². The normalized spacial score (nSPS) is 10.8. The van der Waals surface area contributed by atoms with Gasteiger partial charge >= 0.3 is 0 Å². The minimum absolute atomic E-state index is 0.00723. The maximum Gasteiger partial charge on any atom is 0.167 e. The molecule has 3 heteroatoms. The first-order valence-electron chi connectivity index (χ1n) is 8.51. The largest absolute Gasteiger partial charge is 0.508 e. The lowest BCUT2D eigenvalue weighted by Gasteiger charge is -2.15. The Morgan fingerprint density at radius 3 is 2.60 bits per heavy atom. The maximum atomic E-state index is 11.1. The Balaban J connectivity index is 2.34. The highest BCUT2D eigenvalue weighted by atomic mass is 16.5. The number of phenolic OH excluding ortho intramolecular Hbond substituents is 1. The molecule has 132 valence electrons. The smallest absolute Gasteiger partial charge is 0.167 e. The van der Waals surface area contributed by atoms with Gasteiger partial charge in [0.2, 0.25) is 0 Å². The number of Topliss-reactive ketones (excluding diaryl/α,β-unsaturated/α-hetero) is 1. The number of rotatable bonds is 7. The van der Waals surface area contributed by atoms with E-state index in [0.29, 0.717) is 11.5 Å². The van der Waals surface area contributed by atoms with Crippen molar-refractivity contribution in [1.82, 2.24) is 0 Å². The molecule has 0 spiro atoms. The Morgan fingerprint density at radius 2 is 2.00 bits per heavy atom. The van der Waals surface area contributed by atoms with Gasteiger partial charge in [-0.1, -0.05) is 38.6 Å². The van der Waals surface area contributed by atoms with Crippen LogP contribution in [0.3, 0.4) is 0 Å². The van der Waals surface area contributed by atoms with Crippen LogP contribution in [0.5, 0.6) is 11.5 Å². The molecule has 2 aromatic carbocycles. The molecule has 0 amide bonds. The van der Waals surface area contributed by atoms with Crippen LogP contribution in [0.15, 0.2) is 36.9 Å². The fourth-order valence-corrected chi connectivity index (χ4v) is 2.88. The number of aryl methyl sites for hydroxylation is 1. The van der Waals surface area contributed by atoms with Crippen molar-refractivity contribution in [3.8, 4) is 11.5 Å². The zero-order valence-electron chi connectivity index (χ0n) is 15.4. The molecule has 25 heavy (non-hydrogen) atoms. The number of benzene rings is 2. The minimum Gasteiger partial charge on any atom is -0.508 e. The second kappa shape index (κ2) is 8.02. The molecule has 0 aliphatic rings. The Morgan fingerprint density at radius 1 is 1.28 bits per heavy atom. The van der Waals surface area contributed by atoms with Crippen molar-refractivity contribution in [3.63, 3.8) is 0 Å². The Labute approximate surface area is 150 Å². The third-order valence-electron chi connectivity index (χ3n) is 4.24. The molecule has 0 aliphatic heterocycles. The molecule has 3 nitrogen and oxygen atoms in total. The lowest BCUT2D eigenvalue weighted by Crippen LogP contribution is -2.07. The highest BCUT2D eigenvalue weighted by Crippen LogP contribution is 2.30. The van der Waals surface area contributed by atoms with Crippen molar-refractivity contribution in [1.29, 1.82) is 0 Å². The van der Waals surface area contributed by atoms with E-state index in [4.69, 9.17) is 4.74 Å². The molecule has 0 saturated carbocycles. The van der Waals surface area contributed by atoms with Gasteiger partial charge in [-0.3, -0.25) is 4.79 Å². The highest BCUT2D eigenvalue weighted by molar-refractivity contribution is 5.77. The number of carbonyl (C=O) groups excluding carboxylic acids is 1. The first kappa shape index (κ1) is 18.8. The Bertz CT molecular complexity index is 788. The fourth-order valence-electron chi connectivity index (χ4n) is 2.88. The Kier molecular flexibility index (Phi) is 6.02. The van der Waals surface area contributed by atoms with Crippen LogP contribution in [0.1, 0.15) is 54.5 Å². The van der Waals surface area contributed by atoms with Crippen LogP contribution in [-0.2, 0) is 11.2 Å². The minimum atomic E-state index is -0.00723. The van der Waals surface area contributed by atoms with E-state index in [-0.39, 0.29) is 18.3 Å². The summed E-state index contributed by atoms with van der Waals surface area (Å²) in [5.41, 5.74) is 5.36. The summed E-state index contributed by atoms with van der Waals surface area (Å²) in [6.45, 7) is 11.7. The first-order valence-corrected chi connectivity index (χ1v) is 8.51. The van der Waals surface area contributed by atoms with E-state index < -0.39 is 0 Å². The number of hydrogen-bond acceptors (Lipinski definition) is 3. The van der Waals surface area contributed by atoms with E-state index in [0.717, 1.165) is 28.7 Å². The molecule has 0 unspecified atom stereocenters. The summed E-state index contributed by atoms with van der Waals surface area (Å²) in [6, 6.07) is 9.65. The van der Waals surface area contributed by atoms with Gasteiger partial charge in [-0.2, -0.15) is 0 Å². The Hall–Kier alpha value is -2.55. The molecular weight excluding hydrogens is 312 g/mol. The second-order valence-corrected chi connectivity index (χ2v) is 6.73. The predicted octanol–water partition coefficient (Wildman–Crippen LogP) is 5.03. The van der Waals surface area contributed by atoms with Gasteiger partial charge in [0.05, 0.1) is 0 Å². The highest BCUT2D eigenvalue weighted by Gasteiger charge is 2.11. The van der Waals surface area contributed by atoms with Crippen LogP contribution >= 0.6 is 0 Å². The van der Waals surface area contributed by atoms with Crippen molar-refractivity contribution in [2.75, 3.05) is 6.61 Å². The summed E-state index contributed by atoms with van der Waals surface area (Å²) in [5, 5.41) is 10.0. The predicted molar refractivity (Wildman–Crippen MR) is 102 cm³/mol. The molecule has 0 saturated heterocycles. The standard InChI is InChI=1S/C22H26O3/c1-6-18-12-19(25-13-16(5)23)9-15(4)21(18)11-17-7-8-22(24)20(10-17)14(2)3/h6-10,12,14,24H,1,11,13H2,2-5H3. The third kappa shape index (κ3) is 4.72. The quantitative estimate of drug-likeness (QED) is 0.770. The number of phenols is 1. The number of carbonyl (C=O) groups is 1. The van der Waals surface area contributed by atoms with Crippen molar-refractivity contribution < 1.29 is 14.6 Å². The topological polar surface area (TPSA) is 46.5 Å². The summed E-state index contributed by atoms with van der Waals surface area (Å²) in [4.78, 5) is 11.1. The van der Waals surface area contributed by atoms with Crippen molar-refractivity contribution in [2.24, 2.45) is 0 Å². The van der Waals surface area contributed by atoms with E-state index >= 15 is 0 Å². The first-order chi connectivity index (χ1) is 11.8. The lowest BCUT2D eigenvalue weighted by atomic mass is 9.92. The van der Waals surface area contributed by atoms with Gasteiger partial charge in [0.25, 0.3) is 0 Å². The summed E-state index contributed by atoms with van der Waals surface area (Å²) >= 11 is 0. The van der Waals surface area contributed by atoms with Gasteiger partial charge in [-0.15, -0.1) is 0 Å². The molecule has 1 N–H and O–H groups in total. The van der Waals surface area contributed by atoms with E-state index in [1.54, 1.807) is 6.07 Å². The van der Waals surface area contributed by atoms with Crippen LogP contribution in [0, 0.1) is 6.92 Å². The number of hydrogen-bond donors (Lipinski definition) is 1. The van der Waals surface area contributed by atoms with Crippen LogP contribution in [0.2, 0.25) is 0 Å². The molecule has 2 aromatic rings. The molecule has 0 bridgehead atoms. The van der Waals surface area contributed by atoms with E-state index in [2.05, 4.69) is 26.5 Å². The lowest BCUT2D eigenvalue weighted by molar-refractivity contribution is -0.118. The SMILES string of the molecule is C=Cc1cc(OCC(C)=O)cc(C)c1Cc1ccc(O)c(C(C)C)c1. The fraction of sp³-hybridized carbons (Fsp3) is 0.318. The van der Waals surface area contributed by atoms with E-state index in [1.165, 1.54) is 12.5 Å². The van der Waals surface area contributed by atoms with Gasteiger partial charge in [0.1, 0.15) is 18.1 Å². The summed E-state index contributed by atoms with van der Waals surface area (Å²) in [7, 11) is 0.